The van der Waals surface area contributed by atoms with Crippen LogP contribution in [0.4, 0.5) is 0 Å². The topological polar surface area (TPSA) is 73.8 Å². The highest BCUT2D eigenvalue weighted by atomic mass is 32.1. The zero-order valence-electron chi connectivity index (χ0n) is 19.1. The maximum atomic E-state index is 12.7. The third kappa shape index (κ3) is 4.24. The van der Waals surface area contributed by atoms with Gasteiger partial charge in [0.1, 0.15) is 17.3 Å². The molecule has 3 heterocycles. The Hall–Kier alpha value is -1.77. The third-order valence-electron chi connectivity index (χ3n) is 7.36. The van der Waals surface area contributed by atoms with Gasteiger partial charge in [0.25, 0.3) is 0 Å². The molecule has 0 spiro atoms. The Morgan fingerprint density at radius 3 is 2.78 bits per heavy atom. The number of aromatic nitrogens is 2. The number of carbonyl (C=O) groups excluding carboxylic acids is 1. The van der Waals surface area contributed by atoms with Crippen LogP contribution in [0.25, 0.3) is 10.2 Å². The predicted octanol–water partition coefficient (Wildman–Crippen LogP) is 3.77. The van der Waals surface area contributed by atoms with Crippen LogP contribution >= 0.6 is 11.3 Å². The summed E-state index contributed by atoms with van der Waals surface area (Å²) in [6, 6.07) is 0.642. The molecule has 5 rings (SSSR count). The van der Waals surface area contributed by atoms with Crippen LogP contribution in [-0.2, 0) is 27.1 Å². The minimum Gasteiger partial charge on any atom is -0.474 e. The monoisotopic (exact) mass is 459 g/mol. The Bertz CT molecular complexity index is 966. The molecule has 1 unspecified atom stereocenters. The number of rotatable bonds is 5. The highest BCUT2D eigenvalue weighted by molar-refractivity contribution is 7.18. The summed E-state index contributed by atoms with van der Waals surface area (Å²) >= 11 is 1.72. The summed E-state index contributed by atoms with van der Waals surface area (Å²) in [6.07, 6.45) is 8.53. The first-order valence-corrected chi connectivity index (χ1v) is 12.8. The fourth-order valence-electron chi connectivity index (χ4n) is 5.46. The first kappa shape index (κ1) is 22.0. The van der Waals surface area contributed by atoms with Crippen molar-refractivity contribution in [3.8, 4) is 5.88 Å². The smallest absolute Gasteiger partial charge is 0.312 e. The summed E-state index contributed by atoms with van der Waals surface area (Å²) < 4.78 is 17.4. The molecule has 0 bridgehead atoms. The summed E-state index contributed by atoms with van der Waals surface area (Å²) in [7, 11) is 0. The van der Waals surface area contributed by atoms with Gasteiger partial charge in [0.15, 0.2) is 0 Å². The van der Waals surface area contributed by atoms with Crippen LogP contribution in [-0.4, -0.2) is 65.9 Å². The van der Waals surface area contributed by atoms with Crippen molar-refractivity contribution >= 4 is 27.5 Å². The van der Waals surface area contributed by atoms with Gasteiger partial charge < -0.3 is 14.2 Å². The Morgan fingerprint density at radius 1 is 1.25 bits per heavy atom. The predicted molar refractivity (Wildman–Crippen MR) is 123 cm³/mol. The average molecular weight is 460 g/mol. The fraction of sp³-hybridized carbons (Fsp3) is 0.708. The second-order valence-electron chi connectivity index (χ2n) is 9.52. The number of aryl methyl sites for hydroxylation is 1. The molecule has 0 amide bonds. The van der Waals surface area contributed by atoms with E-state index in [9.17, 15) is 4.79 Å². The second-order valence-corrected chi connectivity index (χ2v) is 10.6. The van der Waals surface area contributed by atoms with Crippen LogP contribution in [0.3, 0.4) is 0 Å². The van der Waals surface area contributed by atoms with Crippen molar-refractivity contribution in [3.63, 3.8) is 0 Å². The number of esters is 1. The lowest BCUT2D eigenvalue weighted by atomic mass is 9.75. The average Bonchev–Trinajstić information content (AvgIpc) is 3.19. The van der Waals surface area contributed by atoms with Crippen LogP contribution in [0.5, 0.6) is 5.88 Å². The second kappa shape index (κ2) is 9.23. The lowest BCUT2D eigenvalue weighted by Crippen LogP contribution is -2.46. The van der Waals surface area contributed by atoms with Gasteiger partial charge in [0, 0.05) is 24.0 Å². The molecule has 8 heteroatoms. The zero-order chi connectivity index (χ0) is 22.1. The van der Waals surface area contributed by atoms with Gasteiger partial charge in [-0.25, -0.2) is 9.97 Å². The lowest BCUT2D eigenvalue weighted by molar-refractivity contribution is -0.155. The van der Waals surface area contributed by atoms with Gasteiger partial charge >= 0.3 is 5.97 Å². The van der Waals surface area contributed by atoms with Crippen molar-refractivity contribution < 1.29 is 19.0 Å². The van der Waals surface area contributed by atoms with Crippen LogP contribution in [0.15, 0.2) is 6.33 Å². The van der Waals surface area contributed by atoms with Crippen molar-refractivity contribution in [3.05, 3.63) is 16.8 Å². The molecule has 1 aliphatic heterocycles. The van der Waals surface area contributed by atoms with E-state index in [1.165, 1.54) is 10.4 Å². The Balaban J connectivity index is 1.32. The van der Waals surface area contributed by atoms with E-state index in [2.05, 4.69) is 14.9 Å². The molecule has 2 aromatic heterocycles. The number of fused-ring (bicyclic) bond motifs is 3. The molecule has 1 atom stereocenters. The Labute approximate surface area is 193 Å². The molecule has 174 valence electrons. The molecule has 1 saturated heterocycles. The van der Waals surface area contributed by atoms with Gasteiger partial charge in [-0.3, -0.25) is 9.69 Å². The number of ether oxygens (including phenoxy) is 3. The molecule has 0 radical (unpaired) electrons. The third-order valence-corrected chi connectivity index (χ3v) is 8.56. The largest absolute Gasteiger partial charge is 0.474 e. The first-order valence-electron chi connectivity index (χ1n) is 12.0. The van der Waals surface area contributed by atoms with Gasteiger partial charge in [-0.2, -0.15) is 0 Å². The highest BCUT2D eigenvalue weighted by Crippen LogP contribution is 2.45. The minimum atomic E-state index is -0.500. The molecular weight excluding hydrogens is 426 g/mol. The van der Waals surface area contributed by atoms with E-state index in [0.29, 0.717) is 24.9 Å². The van der Waals surface area contributed by atoms with E-state index in [-0.39, 0.29) is 12.1 Å². The quantitative estimate of drug-likeness (QED) is 0.630. The lowest BCUT2D eigenvalue weighted by Gasteiger charge is -2.38. The van der Waals surface area contributed by atoms with E-state index in [1.807, 2.05) is 13.8 Å². The van der Waals surface area contributed by atoms with E-state index < -0.39 is 5.41 Å². The summed E-state index contributed by atoms with van der Waals surface area (Å²) in [5, 5.41) is 1.01. The van der Waals surface area contributed by atoms with Gasteiger partial charge in [-0.1, -0.05) is 0 Å². The molecular formula is C24H33N3O4S. The Kier molecular flexibility index (Phi) is 6.36. The van der Waals surface area contributed by atoms with Crippen LogP contribution < -0.4 is 4.74 Å². The number of hydrogen-bond donors (Lipinski definition) is 0. The van der Waals surface area contributed by atoms with Gasteiger partial charge in [-0.05, 0) is 64.4 Å². The summed E-state index contributed by atoms with van der Waals surface area (Å²) in [5.41, 5.74) is 0.685. The van der Waals surface area contributed by atoms with Crippen molar-refractivity contribution in [2.45, 2.75) is 70.9 Å². The highest BCUT2D eigenvalue weighted by Gasteiger charge is 2.40. The SMILES string of the molecule is CCOC(=O)C1(C)CCc2sc3ncnc(OC4CCC(N5CCOCC5)CC4)c3c2C1. The molecule has 1 saturated carbocycles. The molecule has 7 nitrogen and oxygen atoms in total. The van der Waals surface area contributed by atoms with E-state index >= 15 is 0 Å². The maximum Gasteiger partial charge on any atom is 0.312 e. The summed E-state index contributed by atoms with van der Waals surface area (Å²) in [5.74, 6) is 0.584. The van der Waals surface area contributed by atoms with Crippen molar-refractivity contribution in [1.29, 1.82) is 0 Å². The normalized spacial score (nSPS) is 28.9. The number of morpholine rings is 1. The van der Waals surface area contributed by atoms with Crippen LogP contribution in [0, 0.1) is 5.41 Å². The van der Waals surface area contributed by atoms with E-state index in [4.69, 9.17) is 14.2 Å². The first-order chi connectivity index (χ1) is 15.6. The van der Waals surface area contributed by atoms with Crippen LogP contribution in [0.2, 0.25) is 0 Å². The number of nitrogens with zero attached hydrogens (tertiary/aromatic N) is 3. The fourth-order valence-corrected chi connectivity index (χ4v) is 6.61. The van der Waals surface area contributed by atoms with Gasteiger partial charge in [0.2, 0.25) is 5.88 Å². The molecule has 0 N–H and O–H groups in total. The molecule has 3 aliphatic rings. The number of hydrogen-bond acceptors (Lipinski definition) is 8. The minimum absolute atomic E-state index is 0.106. The maximum absolute atomic E-state index is 12.7. The van der Waals surface area contributed by atoms with Gasteiger partial charge in [0.05, 0.1) is 30.6 Å². The van der Waals surface area contributed by atoms with E-state index in [0.717, 1.165) is 75.0 Å². The summed E-state index contributed by atoms with van der Waals surface area (Å²) in [6.45, 7) is 8.09. The Morgan fingerprint density at radius 2 is 2.03 bits per heavy atom. The van der Waals surface area contributed by atoms with Gasteiger partial charge in [-0.15, -0.1) is 11.3 Å². The molecule has 0 aromatic carbocycles. The summed E-state index contributed by atoms with van der Waals surface area (Å²) in [4.78, 5) is 26.6. The van der Waals surface area contributed by atoms with Crippen molar-refractivity contribution in [1.82, 2.24) is 14.9 Å². The zero-order valence-corrected chi connectivity index (χ0v) is 19.9. The molecule has 32 heavy (non-hydrogen) atoms. The number of thiophene rings is 1. The molecule has 2 aliphatic carbocycles. The standard InChI is InChI=1S/C24H33N3O4S/c1-3-30-23(28)24(2)9-8-19-18(14-24)20-21(25-15-26-22(20)32-19)31-17-6-4-16(5-7-17)27-10-12-29-13-11-27/h15-17H,3-14H2,1-2H3. The van der Waals surface area contributed by atoms with E-state index in [1.54, 1.807) is 17.7 Å². The van der Waals surface area contributed by atoms with Crippen molar-refractivity contribution in [2.24, 2.45) is 5.41 Å². The number of carbonyl (C=O) groups is 1. The molecule has 2 fully saturated rings. The van der Waals surface area contributed by atoms with Crippen LogP contribution in [0.1, 0.15) is 56.4 Å². The molecule has 2 aromatic rings. The van der Waals surface area contributed by atoms with Crippen molar-refractivity contribution in [2.75, 3.05) is 32.9 Å².